The average Bonchev–Trinajstić information content (AvgIpc) is 2.60. The molecular formula is C17H20N4O3. The number of aromatic amines is 1. The first-order chi connectivity index (χ1) is 11.6. The second-order valence-electron chi connectivity index (χ2n) is 5.00. The standard InChI is InChI=1S/C17H20N4O3/c1-3-11-18-15(22)10-9-14-17(23)19-16(21-20-14)12-5-7-13(8-6-12)24-4-2/h3,5-8H,1,4,9-11H2,2H3,(H,18,22)(H,19,21,23). The van der Waals surface area contributed by atoms with E-state index >= 15 is 0 Å². The van der Waals surface area contributed by atoms with Crippen LogP contribution >= 0.6 is 0 Å². The number of ether oxygens (including phenoxy) is 1. The average molecular weight is 328 g/mol. The predicted molar refractivity (Wildman–Crippen MR) is 90.8 cm³/mol. The highest BCUT2D eigenvalue weighted by Gasteiger charge is 2.09. The van der Waals surface area contributed by atoms with E-state index in [-0.39, 0.29) is 30.0 Å². The Bertz CT molecular complexity index is 753. The lowest BCUT2D eigenvalue weighted by Gasteiger charge is -2.05. The number of carbonyl (C=O) groups excluding carboxylic acids is 1. The summed E-state index contributed by atoms with van der Waals surface area (Å²) in [4.78, 5) is 26.3. The Balaban J connectivity index is 2.05. The third-order valence-corrected chi connectivity index (χ3v) is 3.24. The number of hydrogen-bond donors (Lipinski definition) is 2. The van der Waals surface area contributed by atoms with Gasteiger partial charge in [0, 0.05) is 24.9 Å². The van der Waals surface area contributed by atoms with E-state index in [4.69, 9.17) is 4.74 Å². The van der Waals surface area contributed by atoms with Crippen LogP contribution in [0.4, 0.5) is 0 Å². The summed E-state index contributed by atoms with van der Waals surface area (Å²) in [7, 11) is 0. The highest BCUT2D eigenvalue weighted by atomic mass is 16.5. The first-order valence-electron chi connectivity index (χ1n) is 7.70. The molecule has 0 bridgehead atoms. The molecule has 1 aromatic heterocycles. The number of H-pyrrole nitrogens is 1. The van der Waals surface area contributed by atoms with E-state index in [1.807, 2.05) is 6.92 Å². The molecule has 7 heteroatoms. The smallest absolute Gasteiger partial charge is 0.273 e. The SMILES string of the molecule is C=CCNC(=O)CCc1nnc(-c2ccc(OCC)cc2)[nH]c1=O. The maximum Gasteiger partial charge on any atom is 0.273 e. The van der Waals surface area contributed by atoms with Crippen molar-refractivity contribution in [1.82, 2.24) is 20.5 Å². The number of amides is 1. The molecule has 1 amide bonds. The lowest BCUT2D eigenvalue weighted by molar-refractivity contribution is -0.120. The third-order valence-electron chi connectivity index (χ3n) is 3.24. The molecule has 0 aliphatic rings. The molecule has 2 N–H and O–H groups in total. The van der Waals surface area contributed by atoms with Gasteiger partial charge in [-0.15, -0.1) is 16.8 Å². The number of carbonyl (C=O) groups is 1. The molecule has 1 aromatic carbocycles. The molecule has 0 saturated heterocycles. The second kappa shape index (κ2) is 8.61. The van der Waals surface area contributed by atoms with Crippen LogP contribution in [0, 0.1) is 0 Å². The fraction of sp³-hybridized carbons (Fsp3) is 0.294. The van der Waals surface area contributed by atoms with Crippen molar-refractivity contribution in [3.63, 3.8) is 0 Å². The van der Waals surface area contributed by atoms with Crippen LogP contribution < -0.4 is 15.6 Å². The van der Waals surface area contributed by atoms with Gasteiger partial charge in [-0.3, -0.25) is 9.59 Å². The molecule has 0 unspecified atom stereocenters. The van der Waals surface area contributed by atoms with Gasteiger partial charge in [0.15, 0.2) is 5.82 Å². The number of hydrogen-bond acceptors (Lipinski definition) is 5. The molecule has 1 heterocycles. The molecular weight excluding hydrogens is 308 g/mol. The van der Waals surface area contributed by atoms with Crippen molar-refractivity contribution in [2.45, 2.75) is 19.8 Å². The Labute approximate surface area is 139 Å². The zero-order valence-corrected chi connectivity index (χ0v) is 13.5. The van der Waals surface area contributed by atoms with Gasteiger partial charge in [0.1, 0.15) is 11.4 Å². The summed E-state index contributed by atoms with van der Waals surface area (Å²) in [6.45, 7) is 6.42. The number of nitrogens with one attached hydrogen (secondary N) is 2. The Morgan fingerprint density at radius 3 is 2.71 bits per heavy atom. The summed E-state index contributed by atoms with van der Waals surface area (Å²) in [6, 6.07) is 7.20. The summed E-state index contributed by atoms with van der Waals surface area (Å²) in [6.07, 6.45) is 2.00. The molecule has 0 aliphatic heterocycles. The molecule has 0 radical (unpaired) electrons. The van der Waals surface area contributed by atoms with Gasteiger partial charge in [0.05, 0.1) is 6.61 Å². The fourth-order valence-corrected chi connectivity index (χ4v) is 2.04. The Hall–Kier alpha value is -2.96. The molecule has 0 aliphatic carbocycles. The van der Waals surface area contributed by atoms with Crippen LogP contribution in [0.15, 0.2) is 41.7 Å². The van der Waals surface area contributed by atoms with Crippen LogP contribution in [-0.4, -0.2) is 34.2 Å². The van der Waals surface area contributed by atoms with Crippen molar-refractivity contribution in [3.8, 4) is 17.1 Å². The van der Waals surface area contributed by atoms with Crippen molar-refractivity contribution < 1.29 is 9.53 Å². The summed E-state index contributed by atoms with van der Waals surface area (Å²) < 4.78 is 5.37. The first kappa shape index (κ1) is 17.4. The minimum atomic E-state index is -0.342. The van der Waals surface area contributed by atoms with E-state index in [1.54, 1.807) is 30.3 Å². The largest absolute Gasteiger partial charge is 0.494 e. The highest BCUT2D eigenvalue weighted by Crippen LogP contribution is 2.18. The van der Waals surface area contributed by atoms with Crippen molar-refractivity contribution in [2.75, 3.05) is 13.2 Å². The molecule has 0 atom stereocenters. The zero-order chi connectivity index (χ0) is 17.4. The van der Waals surface area contributed by atoms with E-state index in [0.717, 1.165) is 11.3 Å². The van der Waals surface area contributed by atoms with Crippen LogP contribution in [0.2, 0.25) is 0 Å². The molecule has 7 nitrogen and oxygen atoms in total. The molecule has 2 aromatic rings. The maximum atomic E-state index is 12.1. The van der Waals surface area contributed by atoms with Crippen molar-refractivity contribution in [3.05, 3.63) is 53.0 Å². The Morgan fingerprint density at radius 2 is 2.08 bits per heavy atom. The number of aryl methyl sites for hydroxylation is 1. The molecule has 0 saturated carbocycles. The van der Waals surface area contributed by atoms with Crippen LogP contribution in [0.5, 0.6) is 5.75 Å². The molecule has 0 fully saturated rings. The molecule has 126 valence electrons. The van der Waals surface area contributed by atoms with E-state index < -0.39 is 0 Å². The normalized spacial score (nSPS) is 10.2. The Morgan fingerprint density at radius 1 is 1.33 bits per heavy atom. The van der Waals surface area contributed by atoms with Crippen molar-refractivity contribution in [2.24, 2.45) is 0 Å². The lowest BCUT2D eigenvalue weighted by atomic mass is 10.2. The van der Waals surface area contributed by atoms with E-state index in [2.05, 4.69) is 27.1 Å². The van der Waals surface area contributed by atoms with Gasteiger partial charge in [0.2, 0.25) is 5.91 Å². The second-order valence-corrected chi connectivity index (χ2v) is 5.00. The first-order valence-corrected chi connectivity index (χ1v) is 7.70. The van der Waals surface area contributed by atoms with Gasteiger partial charge < -0.3 is 15.0 Å². The predicted octanol–water partition coefficient (Wildman–Crippen LogP) is 1.47. The fourth-order valence-electron chi connectivity index (χ4n) is 2.04. The maximum absolute atomic E-state index is 12.1. The summed E-state index contributed by atoms with van der Waals surface area (Å²) >= 11 is 0. The van der Waals surface area contributed by atoms with Gasteiger partial charge >= 0.3 is 0 Å². The highest BCUT2D eigenvalue weighted by molar-refractivity contribution is 5.76. The van der Waals surface area contributed by atoms with E-state index in [0.29, 0.717) is 19.0 Å². The van der Waals surface area contributed by atoms with Crippen LogP contribution in [0.25, 0.3) is 11.4 Å². The van der Waals surface area contributed by atoms with Crippen LogP contribution in [0.3, 0.4) is 0 Å². The van der Waals surface area contributed by atoms with Crippen LogP contribution in [0.1, 0.15) is 19.0 Å². The monoisotopic (exact) mass is 328 g/mol. The van der Waals surface area contributed by atoms with E-state index in [1.165, 1.54) is 0 Å². The van der Waals surface area contributed by atoms with Gasteiger partial charge in [-0.1, -0.05) is 6.08 Å². The molecule has 2 rings (SSSR count). The number of nitrogens with zero attached hydrogens (tertiary/aromatic N) is 2. The molecule has 24 heavy (non-hydrogen) atoms. The van der Waals surface area contributed by atoms with Crippen molar-refractivity contribution in [1.29, 1.82) is 0 Å². The third kappa shape index (κ3) is 4.77. The number of rotatable bonds is 8. The Kier molecular flexibility index (Phi) is 6.24. The summed E-state index contributed by atoms with van der Waals surface area (Å²) in [5.74, 6) is 0.966. The van der Waals surface area contributed by atoms with Crippen molar-refractivity contribution >= 4 is 5.91 Å². The summed E-state index contributed by atoms with van der Waals surface area (Å²) in [5, 5.41) is 10.6. The minimum absolute atomic E-state index is 0.160. The van der Waals surface area contributed by atoms with Crippen LogP contribution in [-0.2, 0) is 11.2 Å². The lowest BCUT2D eigenvalue weighted by Crippen LogP contribution is -2.25. The van der Waals surface area contributed by atoms with Gasteiger partial charge in [0.25, 0.3) is 5.56 Å². The topological polar surface area (TPSA) is 97.0 Å². The molecule has 0 spiro atoms. The number of aromatic nitrogens is 3. The zero-order valence-electron chi connectivity index (χ0n) is 13.5. The van der Waals surface area contributed by atoms with Gasteiger partial charge in [-0.25, -0.2) is 0 Å². The van der Waals surface area contributed by atoms with E-state index in [9.17, 15) is 9.59 Å². The summed E-state index contributed by atoms with van der Waals surface area (Å²) in [5.41, 5.74) is 0.627. The number of benzene rings is 1. The minimum Gasteiger partial charge on any atom is -0.494 e. The quantitative estimate of drug-likeness (QED) is 0.715. The van der Waals surface area contributed by atoms with Gasteiger partial charge in [-0.2, -0.15) is 0 Å². The van der Waals surface area contributed by atoms with Gasteiger partial charge in [-0.05, 0) is 31.2 Å².